The number of ether oxygens (including phenoxy) is 6. The minimum absolute atomic E-state index is 0.0932. The number of halogens is 1. The summed E-state index contributed by atoms with van der Waals surface area (Å²) in [6.45, 7) is 20.6. The molecule has 0 saturated carbocycles. The standard InChI is InChI=1S/C33H36N2O5.C32H33ClN2O5.C12H17N3O2S.C12H15N3O2S/c1-21-12-14-29(23(3)18-21)39-17-9-8-16-34-33(38)27-20-31(25-10-6-7-11-26(25)32(27)37)40-30-15-13-22(2)19-28(30)35(5)24(4)36;1-20-11-13-27(22(3)17-20)39-16-8-7-15-34-31(37)25-19-29(23-9-5-6-10-24(23)30(25)36)40-28-14-12-21(2)18-26(28)35(4)32(33)38;2*1-2-6-18-7-5-17-12(16)9-3-4-10-11(8-9)14-15-13-10/h6-7,10-15,18-20,37H,8-9,16-17H2,1-5H3,(H,34,38);5-6,9-14,17-19,36H,7-8,15-16H2,1-4H3,(H,34,37);3-4,8,13-15H,2,5-7H2,1H3;3-4,8H,2,5-7H2,1H3,(H,13,14,15). The van der Waals surface area contributed by atoms with E-state index in [4.69, 9.17) is 40.0 Å². The maximum absolute atomic E-state index is 13.1. The zero-order valence-electron chi connectivity index (χ0n) is 67.3. The van der Waals surface area contributed by atoms with Crippen LogP contribution in [0.15, 0.2) is 170 Å². The highest BCUT2D eigenvalue weighted by Gasteiger charge is 2.24. The monoisotopic (exact) mass is 1630 g/mol. The first-order chi connectivity index (χ1) is 55.9. The topological polar surface area (TPSA) is 306 Å². The van der Waals surface area contributed by atoms with Crippen molar-refractivity contribution < 1.29 is 67.4 Å². The van der Waals surface area contributed by atoms with Gasteiger partial charge in [-0.3, -0.25) is 24.1 Å². The smallest absolute Gasteiger partial charge is 0.338 e. The molecule has 0 aliphatic carbocycles. The van der Waals surface area contributed by atoms with Gasteiger partial charge in [-0.2, -0.15) is 38.9 Å². The summed E-state index contributed by atoms with van der Waals surface area (Å²) in [5.74, 6) is 5.49. The number of esters is 2. The molecule has 10 aromatic carbocycles. The van der Waals surface area contributed by atoms with Crippen LogP contribution in [0.5, 0.6) is 46.0 Å². The number of anilines is 4. The van der Waals surface area contributed by atoms with Gasteiger partial charge in [0, 0.05) is 67.2 Å². The molecule has 1 aliphatic heterocycles. The van der Waals surface area contributed by atoms with Crippen LogP contribution in [0, 0.1) is 41.5 Å². The highest BCUT2D eigenvalue weighted by atomic mass is 35.5. The molecule has 12 rings (SSSR count). The van der Waals surface area contributed by atoms with Gasteiger partial charge in [0.25, 0.3) is 11.8 Å². The number of rotatable bonds is 32. The van der Waals surface area contributed by atoms with Crippen molar-refractivity contribution >= 4 is 125 Å². The van der Waals surface area contributed by atoms with E-state index in [0.717, 1.165) is 106 Å². The summed E-state index contributed by atoms with van der Waals surface area (Å²) in [7, 11) is 3.24. The zero-order valence-corrected chi connectivity index (χ0v) is 69.6. The predicted molar refractivity (Wildman–Crippen MR) is 465 cm³/mol. The molecule has 24 nitrogen and oxygen atoms in total. The van der Waals surface area contributed by atoms with E-state index < -0.39 is 17.2 Å². The Morgan fingerprint density at radius 3 is 1.35 bits per heavy atom. The minimum Gasteiger partial charge on any atom is -0.506 e. The maximum Gasteiger partial charge on any atom is 0.338 e. The van der Waals surface area contributed by atoms with Gasteiger partial charge in [0.1, 0.15) is 58.7 Å². The van der Waals surface area contributed by atoms with Gasteiger partial charge >= 0.3 is 17.3 Å². The van der Waals surface area contributed by atoms with E-state index >= 15 is 0 Å². The number of benzene rings is 10. The average Bonchev–Trinajstić information content (AvgIpc) is 0.821. The number of hydrogen-bond acceptors (Lipinski definition) is 21. The third-order valence-corrected chi connectivity index (χ3v) is 20.8. The van der Waals surface area contributed by atoms with Gasteiger partial charge in [0.05, 0.1) is 58.2 Å². The quantitative estimate of drug-likeness (QED) is 0.00841. The van der Waals surface area contributed by atoms with Crippen molar-refractivity contribution in [3.05, 3.63) is 225 Å². The SMILES string of the molecule is CC(=O)N(C)c1cc(C)ccc1Oc1cc(C(=O)NCCCCOc2ccc(C)cc2C)c(O)c2ccccc12.CCCSCCOC(=O)c1ccc2c(c1)NNN2.CCCSCCOC(=O)c1ccc2n[nH]nc2c1.Cc1ccc(OCCCCNC(=O)c2cc(Oc3ccc(C)cc3N(C)C(=O)Cl)c3ccccc3c2O)c(C)c1. The first-order valence-corrected chi connectivity index (χ1v) is 41.0. The van der Waals surface area contributed by atoms with E-state index in [-0.39, 0.29) is 40.5 Å². The molecule has 0 bridgehead atoms. The number of nitrogens with zero attached hydrogens (tertiary/aromatic N) is 4. The van der Waals surface area contributed by atoms with Crippen LogP contribution in [0.2, 0.25) is 0 Å². The van der Waals surface area contributed by atoms with Crippen molar-refractivity contribution in [2.75, 3.05) is 97.3 Å². The zero-order chi connectivity index (χ0) is 83.2. The van der Waals surface area contributed by atoms with Gasteiger partial charge in [-0.15, -0.1) is 5.53 Å². The lowest BCUT2D eigenvalue weighted by molar-refractivity contribution is -0.116. The van der Waals surface area contributed by atoms with Crippen LogP contribution in [0.25, 0.3) is 32.6 Å². The molecule has 0 radical (unpaired) electrons. The van der Waals surface area contributed by atoms with Gasteiger partial charge in [-0.1, -0.05) is 110 Å². The Bertz CT molecular complexity index is 5010. The second-order valence-electron chi connectivity index (χ2n) is 27.5. The maximum atomic E-state index is 13.1. The summed E-state index contributed by atoms with van der Waals surface area (Å²) in [6, 6.07) is 51.0. The molecule has 610 valence electrons. The van der Waals surface area contributed by atoms with Crippen molar-refractivity contribution in [1.82, 2.24) is 31.6 Å². The summed E-state index contributed by atoms with van der Waals surface area (Å²) in [5.41, 5.74) is 20.6. The van der Waals surface area contributed by atoms with Gasteiger partial charge < -0.3 is 65.0 Å². The normalized spacial score (nSPS) is 11.1. The molecule has 8 N–H and O–H groups in total. The number of unbranched alkanes of at least 4 members (excludes halogenated alkanes) is 2. The largest absolute Gasteiger partial charge is 0.506 e. The number of phenolic OH excluding ortho intramolecular Hbond substituents is 2. The Morgan fingerprint density at radius 2 is 0.888 bits per heavy atom. The molecule has 0 atom stereocenters. The third kappa shape index (κ3) is 25.1. The fourth-order valence-corrected chi connectivity index (χ4v) is 13.5. The molecule has 0 saturated heterocycles. The number of nitrogens with one attached hydrogen (secondary N) is 6. The minimum atomic E-state index is -0.662. The molecule has 0 spiro atoms. The van der Waals surface area contributed by atoms with Crippen LogP contribution in [0.3, 0.4) is 0 Å². The number of carbonyl (C=O) groups excluding carboxylic acids is 6. The Hall–Kier alpha value is -11.7. The van der Waals surface area contributed by atoms with Crippen LogP contribution < -0.4 is 55.8 Å². The molecular weight excluding hydrogens is 1530 g/mol. The lowest BCUT2D eigenvalue weighted by Crippen LogP contribution is -2.25. The van der Waals surface area contributed by atoms with Crippen LogP contribution in [-0.4, -0.2) is 137 Å². The predicted octanol–water partition coefficient (Wildman–Crippen LogP) is 19.0. The number of fused-ring (bicyclic) bond motifs is 4. The number of H-pyrrole nitrogens is 1. The van der Waals surface area contributed by atoms with Crippen LogP contribution in [0.4, 0.5) is 27.5 Å². The first kappa shape index (κ1) is 88.2. The molecule has 11 aromatic rings. The number of phenols is 2. The number of aromatic nitrogens is 3. The number of aromatic amines is 1. The van der Waals surface area contributed by atoms with Gasteiger partial charge in [-0.05, 0) is 210 Å². The number of hydrogen-bond donors (Lipinski definition) is 8. The summed E-state index contributed by atoms with van der Waals surface area (Å²) >= 11 is 9.32. The van der Waals surface area contributed by atoms with Gasteiger partial charge in [-0.25, -0.2) is 9.59 Å². The molecule has 2 heterocycles. The number of aromatic hydroxyl groups is 2. The molecule has 27 heteroatoms. The summed E-state index contributed by atoms with van der Waals surface area (Å²) < 4.78 is 34.7. The number of carbonyl (C=O) groups is 6. The van der Waals surface area contributed by atoms with Gasteiger partial charge in [0.15, 0.2) is 11.5 Å². The van der Waals surface area contributed by atoms with Crippen LogP contribution in [0.1, 0.15) is 134 Å². The third-order valence-electron chi connectivity index (χ3n) is 18.3. The fraction of sp³-hybridized carbons (Fsp3) is 0.303. The van der Waals surface area contributed by atoms with Crippen molar-refractivity contribution in [2.24, 2.45) is 0 Å². The van der Waals surface area contributed by atoms with E-state index in [9.17, 15) is 39.0 Å². The highest BCUT2D eigenvalue weighted by Crippen LogP contribution is 2.43. The number of thioether (sulfide) groups is 2. The Balaban J connectivity index is 0.000000188. The second-order valence-corrected chi connectivity index (χ2v) is 30.3. The van der Waals surface area contributed by atoms with E-state index in [2.05, 4.69) is 75.3 Å². The van der Waals surface area contributed by atoms with E-state index in [1.165, 1.54) is 33.9 Å². The summed E-state index contributed by atoms with van der Waals surface area (Å²) in [4.78, 5) is 76.6. The summed E-state index contributed by atoms with van der Waals surface area (Å²) in [6.07, 6.45) is 5.25. The molecule has 1 aromatic heterocycles. The molecular formula is C89H101ClN10O14S2. The lowest BCUT2D eigenvalue weighted by Gasteiger charge is -2.21. The first-order valence-electron chi connectivity index (χ1n) is 38.3. The summed E-state index contributed by atoms with van der Waals surface area (Å²) in [5, 5.41) is 39.7. The van der Waals surface area contributed by atoms with Crippen molar-refractivity contribution in [3.8, 4) is 46.0 Å². The Kier molecular flexibility index (Phi) is 33.7. The van der Waals surface area contributed by atoms with E-state index in [1.807, 2.05) is 101 Å². The number of amides is 4. The Labute approximate surface area is 690 Å². The lowest BCUT2D eigenvalue weighted by atomic mass is 10.0. The highest BCUT2D eigenvalue weighted by molar-refractivity contribution is 7.99. The number of hydrazine groups is 2. The van der Waals surface area contributed by atoms with E-state index in [1.54, 1.807) is 123 Å². The molecule has 1 aliphatic rings. The van der Waals surface area contributed by atoms with Crippen molar-refractivity contribution in [2.45, 2.75) is 101 Å². The van der Waals surface area contributed by atoms with Crippen LogP contribution in [-0.2, 0) is 14.3 Å². The fourth-order valence-electron chi connectivity index (χ4n) is 12.0. The van der Waals surface area contributed by atoms with Crippen molar-refractivity contribution in [1.29, 1.82) is 0 Å². The molecule has 4 amide bonds. The second kappa shape index (κ2) is 44.2. The molecule has 116 heavy (non-hydrogen) atoms. The molecule has 0 unspecified atom stereocenters. The van der Waals surface area contributed by atoms with Crippen molar-refractivity contribution in [3.63, 3.8) is 0 Å². The molecule has 0 fully saturated rings. The van der Waals surface area contributed by atoms with Crippen LogP contribution >= 0.6 is 35.1 Å². The average molecular weight is 1630 g/mol. The number of aryl methyl sites for hydroxylation is 6. The van der Waals surface area contributed by atoms with Gasteiger partial charge in [0.2, 0.25) is 5.91 Å². The van der Waals surface area contributed by atoms with E-state index in [0.29, 0.717) is 118 Å². The Morgan fingerprint density at radius 1 is 0.457 bits per heavy atom.